The molecule has 0 radical (unpaired) electrons. The first-order chi connectivity index (χ1) is 28.8. The Morgan fingerprint density at radius 1 is 0.328 bits per heavy atom. The smallest absolute Gasteiger partial charge is 0.137 e. The SMILES string of the molecule is c1cc(-c2ccc(N(c3ccc4oc5ccccc5c4c3)c3cccc4oc5ccccc5c34)cc2)cc(-c2ccccc2C2c3ccccc3-c3ccccc32)c1. The Morgan fingerprint density at radius 3 is 1.62 bits per heavy atom. The van der Waals surface area contributed by atoms with Gasteiger partial charge in [0.15, 0.2) is 0 Å². The molecule has 9 aromatic carbocycles. The van der Waals surface area contributed by atoms with Crippen LogP contribution < -0.4 is 4.90 Å². The van der Waals surface area contributed by atoms with E-state index < -0.39 is 0 Å². The molecule has 3 heteroatoms. The fourth-order valence-corrected chi connectivity index (χ4v) is 9.39. The Bertz CT molecular complexity index is 3320. The molecular weight excluding hydrogens is 707 g/mol. The van der Waals surface area contributed by atoms with Gasteiger partial charge in [0, 0.05) is 33.5 Å². The van der Waals surface area contributed by atoms with Gasteiger partial charge in [0.25, 0.3) is 0 Å². The van der Waals surface area contributed by atoms with Crippen molar-refractivity contribution >= 4 is 60.9 Å². The fourth-order valence-electron chi connectivity index (χ4n) is 9.39. The fraction of sp³-hybridized carbons (Fsp3) is 0.0182. The summed E-state index contributed by atoms with van der Waals surface area (Å²) in [4.78, 5) is 2.35. The summed E-state index contributed by atoms with van der Waals surface area (Å²) in [5.41, 5.74) is 18.1. The number of hydrogen-bond acceptors (Lipinski definition) is 3. The Labute approximate surface area is 335 Å². The monoisotopic (exact) mass is 741 g/mol. The van der Waals surface area contributed by atoms with Crippen molar-refractivity contribution in [1.82, 2.24) is 0 Å². The number of rotatable bonds is 6. The molecule has 0 atom stereocenters. The van der Waals surface area contributed by atoms with Gasteiger partial charge in [0.05, 0.1) is 11.1 Å². The predicted octanol–water partition coefficient (Wildman–Crippen LogP) is 15.4. The highest BCUT2D eigenvalue weighted by molar-refractivity contribution is 6.14. The first-order valence-electron chi connectivity index (χ1n) is 19.9. The number of hydrogen-bond donors (Lipinski definition) is 0. The normalized spacial score (nSPS) is 12.4. The van der Waals surface area contributed by atoms with Crippen molar-refractivity contribution in [3.63, 3.8) is 0 Å². The molecule has 11 aromatic rings. The van der Waals surface area contributed by atoms with E-state index in [4.69, 9.17) is 8.83 Å². The Morgan fingerprint density at radius 2 is 0.862 bits per heavy atom. The largest absolute Gasteiger partial charge is 0.456 e. The summed E-state index contributed by atoms with van der Waals surface area (Å²) in [6.45, 7) is 0. The molecule has 0 bridgehead atoms. The van der Waals surface area contributed by atoms with Crippen LogP contribution in [0.3, 0.4) is 0 Å². The van der Waals surface area contributed by atoms with Crippen LogP contribution in [0.4, 0.5) is 17.1 Å². The van der Waals surface area contributed by atoms with Gasteiger partial charge in [-0.1, -0.05) is 146 Å². The molecule has 1 aliphatic rings. The molecule has 2 aromatic heterocycles. The summed E-state index contributed by atoms with van der Waals surface area (Å²) in [6, 6.07) is 74.0. The van der Waals surface area contributed by atoms with Crippen LogP contribution in [-0.2, 0) is 0 Å². The maximum absolute atomic E-state index is 6.39. The number of anilines is 3. The van der Waals surface area contributed by atoms with E-state index in [9.17, 15) is 0 Å². The molecule has 12 rings (SSSR count). The lowest BCUT2D eigenvalue weighted by Crippen LogP contribution is -2.10. The van der Waals surface area contributed by atoms with E-state index in [0.717, 1.165) is 66.5 Å². The minimum absolute atomic E-state index is 0.175. The Kier molecular flexibility index (Phi) is 7.29. The van der Waals surface area contributed by atoms with Crippen molar-refractivity contribution in [2.45, 2.75) is 5.92 Å². The van der Waals surface area contributed by atoms with Gasteiger partial charge in [-0.25, -0.2) is 0 Å². The third kappa shape index (κ3) is 5.07. The van der Waals surface area contributed by atoms with Crippen LogP contribution in [-0.4, -0.2) is 0 Å². The topological polar surface area (TPSA) is 29.5 Å². The minimum atomic E-state index is 0.175. The van der Waals surface area contributed by atoms with Crippen molar-refractivity contribution in [3.8, 4) is 33.4 Å². The minimum Gasteiger partial charge on any atom is -0.456 e. The maximum Gasteiger partial charge on any atom is 0.137 e. The Balaban J connectivity index is 0.971. The van der Waals surface area contributed by atoms with E-state index in [2.05, 4.69) is 187 Å². The first-order valence-corrected chi connectivity index (χ1v) is 19.9. The van der Waals surface area contributed by atoms with Crippen molar-refractivity contribution in [1.29, 1.82) is 0 Å². The molecule has 58 heavy (non-hydrogen) atoms. The van der Waals surface area contributed by atoms with E-state index in [1.165, 1.54) is 44.5 Å². The standard InChI is InChI=1S/C55H35NO2/c1-4-19-44(54-45-20-5-2-16-41(45)42-17-3-6-21-46(42)54)40(15-1)37-14-11-13-36(33-37)35-27-29-38(30-28-35)56(39-31-32-52-48(34-39)43-18-7-9-24-50(43)57-52)49-23-12-26-53-55(49)47-22-8-10-25-51(47)58-53/h1-34,54H. The van der Waals surface area contributed by atoms with Crippen molar-refractivity contribution in [3.05, 3.63) is 223 Å². The summed E-state index contributed by atoms with van der Waals surface area (Å²) >= 11 is 0. The molecule has 0 unspecified atom stereocenters. The number of furan rings is 2. The van der Waals surface area contributed by atoms with Crippen LogP contribution in [0.15, 0.2) is 215 Å². The zero-order chi connectivity index (χ0) is 38.2. The van der Waals surface area contributed by atoms with Crippen LogP contribution >= 0.6 is 0 Å². The highest BCUT2D eigenvalue weighted by Gasteiger charge is 2.31. The summed E-state index contributed by atoms with van der Waals surface area (Å²) in [5.74, 6) is 0.175. The van der Waals surface area contributed by atoms with Crippen molar-refractivity contribution in [2.75, 3.05) is 4.90 Å². The van der Waals surface area contributed by atoms with Crippen LogP contribution in [0.2, 0.25) is 0 Å². The molecule has 3 nitrogen and oxygen atoms in total. The van der Waals surface area contributed by atoms with Gasteiger partial charge < -0.3 is 13.7 Å². The summed E-state index contributed by atoms with van der Waals surface area (Å²) in [7, 11) is 0. The molecule has 0 saturated heterocycles. The summed E-state index contributed by atoms with van der Waals surface area (Å²) in [5, 5.41) is 4.36. The lowest BCUT2D eigenvalue weighted by atomic mass is 9.84. The second kappa shape index (κ2) is 13.0. The Hall–Kier alpha value is -7.62. The molecule has 0 aliphatic heterocycles. The van der Waals surface area contributed by atoms with E-state index in [-0.39, 0.29) is 5.92 Å². The molecule has 272 valence electrons. The third-order valence-corrected chi connectivity index (χ3v) is 12.0. The molecule has 0 fully saturated rings. The molecular formula is C55H35NO2. The van der Waals surface area contributed by atoms with E-state index >= 15 is 0 Å². The van der Waals surface area contributed by atoms with E-state index in [1.54, 1.807) is 0 Å². The summed E-state index contributed by atoms with van der Waals surface area (Å²) in [6.07, 6.45) is 0. The highest BCUT2D eigenvalue weighted by Crippen LogP contribution is 2.50. The van der Waals surface area contributed by atoms with Crippen LogP contribution in [0.1, 0.15) is 22.6 Å². The van der Waals surface area contributed by atoms with E-state index in [1.807, 2.05) is 24.3 Å². The lowest BCUT2D eigenvalue weighted by Gasteiger charge is -2.26. The van der Waals surface area contributed by atoms with Gasteiger partial charge in [-0.05, 0) is 111 Å². The van der Waals surface area contributed by atoms with Gasteiger partial charge in [0.2, 0.25) is 0 Å². The van der Waals surface area contributed by atoms with Gasteiger partial charge in [-0.3, -0.25) is 0 Å². The molecule has 1 aliphatic carbocycles. The van der Waals surface area contributed by atoms with Crippen LogP contribution in [0.25, 0.3) is 77.3 Å². The third-order valence-electron chi connectivity index (χ3n) is 12.0. The zero-order valence-electron chi connectivity index (χ0n) is 31.5. The van der Waals surface area contributed by atoms with Gasteiger partial charge in [-0.15, -0.1) is 0 Å². The average molecular weight is 742 g/mol. The second-order valence-corrected chi connectivity index (χ2v) is 15.2. The molecule has 2 heterocycles. The van der Waals surface area contributed by atoms with Gasteiger partial charge in [-0.2, -0.15) is 0 Å². The average Bonchev–Trinajstić information content (AvgIpc) is 3.97. The zero-order valence-corrected chi connectivity index (χ0v) is 31.5. The molecule has 0 amide bonds. The van der Waals surface area contributed by atoms with E-state index in [0.29, 0.717) is 0 Å². The number of benzene rings is 9. The number of fused-ring (bicyclic) bond motifs is 9. The highest BCUT2D eigenvalue weighted by atomic mass is 16.3. The van der Waals surface area contributed by atoms with Crippen LogP contribution in [0, 0.1) is 0 Å². The van der Waals surface area contributed by atoms with Gasteiger partial charge >= 0.3 is 0 Å². The van der Waals surface area contributed by atoms with Crippen molar-refractivity contribution in [2.24, 2.45) is 0 Å². The maximum atomic E-state index is 6.39. The van der Waals surface area contributed by atoms with Gasteiger partial charge in [0.1, 0.15) is 22.3 Å². The summed E-state index contributed by atoms with van der Waals surface area (Å²) < 4.78 is 12.6. The molecule has 0 saturated carbocycles. The predicted molar refractivity (Wildman–Crippen MR) is 239 cm³/mol. The number of para-hydroxylation sites is 2. The lowest BCUT2D eigenvalue weighted by molar-refractivity contribution is 0.668. The number of nitrogens with zero attached hydrogens (tertiary/aromatic N) is 1. The first kappa shape index (κ1) is 32.6. The molecule has 0 spiro atoms. The quantitative estimate of drug-likeness (QED) is 0.170. The second-order valence-electron chi connectivity index (χ2n) is 15.2. The van der Waals surface area contributed by atoms with Crippen molar-refractivity contribution < 1.29 is 8.83 Å². The van der Waals surface area contributed by atoms with Crippen LogP contribution in [0.5, 0.6) is 0 Å². The molecule has 0 N–H and O–H groups in total.